The molecule has 0 aromatic heterocycles. The lowest BCUT2D eigenvalue weighted by atomic mass is 9.72. The number of rotatable bonds is 9. The van der Waals surface area contributed by atoms with E-state index < -0.39 is 0 Å². The minimum atomic E-state index is -0.0438. The molecule has 0 amide bonds. The van der Waals surface area contributed by atoms with Crippen LogP contribution >= 0.6 is 0 Å². The minimum absolute atomic E-state index is 0.0383. The molecule has 8 aromatic rings. The van der Waals surface area contributed by atoms with E-state index in [9.17, 15) is 0 Å². The molecule has 65 heavy (non-hydrogen) atoms. The molecule has 0 saturated heterocycles. The number of benzene rings is 8. The molecule has 0 fully saturated rings. The summed E-state index contributed by atoms with van der Waals surface area (Å²) < 4.78 is 0. The zero-order valence-corrected chi connectivity index (χ0v) is 40.2. The van der Waals surface area contributed by atoms with Gasteiger partial charge in [0, 0.05) is 16.2 Å². The topological polar surface area (TPSA) is 0 Å². The lowest BCUT2D eigenvalue weighted by Gasteiger charge is -2.31. The van der Waals surface area contributed by atoms with Crippen LogP contribution in [-0.4, -0.2) is 0 Å². The number of hydrogen-bond acceptors (Lipinski definition) is 0. The number of fused-ring (bicyclic) bond motifs is 10. The average Bonchev–Trinajstić information content (AvgIpc) is 3.91. The maximum absolute atomic E-state index is 2.57. The molecule has 0 unspecified atom stereocenters. The monoisotopic (exact) mass is 845 g/mol. The first kappa shape index (κ1) is 41.7. The van der Waals surface area contributed by atoms with Gasteiger partial charge in [-0.1, -0.05) is 178 Å². The summed E-state index contributed by atoms with van der Waals surface area (Å²) in [6, 6.07) is 59.9. The second kappa shape index (κ2) is 15.0. The van der Waals surface area contributed by atoms with E-state index in [0.717, 1.165) is 38.5 Å². The smallest absolute Gasteiger partial charge is 0.0210 e. The summed E-state index contributed by atoms with van der Waals surface area (Å²) in [6.45, 7) is 21.2. The first-order valence-corrected chi connectivity index (χ1v) is 24.9. The normalized spacial score (nSPS) is 15.6. The molecule has 0 N–H and O–H groups in total. The summed E-state index contributed by atoms with van der Waals surface area (Å²) in [5.41, 5.74) is 26.8. The second-order valence-electron chi connectivity index (χ2n) is 20.7. The van der Waals surface area contributed by atoms with Crippen molar-refractivity contribution >= 4 is 10.8 Å². The molecule has 11 rings (SSSR count). The van der Waals surface area contributed by atoms with Gasteiger partial charge in [0.05, 0.1) is 0 Å². The van der Waals surface area contributed by atoms with Crippen molar-refractivity contribution in [3.63, 3.8) is 0 Å². The average molecular weight is 845 g/mol. The summed E-state index contributed by atoms with van der Waals surface area (Å²) in [7, 11) is 0. The molecule has 0 saturated carbocycles. The van der Waals surface area contributed by atoms with Gasteiger partial charge in [-0.05, 0) is 197 Å². The quantitative estimate of drug-likeness (QED) is 0.136. The van der Waals surface area contributed by atoms with Crippen LogP contribution in [0.15, 0.2) is 152 Å². The van der Waals surface area contributed by atoms with E-state index in [2.05, 4.69) is 214 Å². The van der Waals surface area contributed by atoms with Gasteiger partial charge in [-0.2, -0.15) is 0 Å². The van der Waals surface area contributed by atoms with Crippen LogP contribution in [0.5, 0.6) is 0 Å². The fourth-order valence-electron chi connectivity index (χ4n) is 13.3. The van der Waals surface area contributed by atoms with E-state index in [-0.39, 0.29) is 21.7 Å². The van der Waals surface area contributed by atoms with Gasteiger partial charge < -0.3 is 0 Å². The van der Waals surface area contributed by atoms with Gasteiger partial charge in [0.15, 0.2) is 0 Å². The van der Waals surface area contributed by atoms with Crippen molar-refractivity contribution in [2.45, 2.75) is 122 Å². The summed E-state index contributed by atoms with van der Waals surface area (Å²) in [5.74, 6) is 0. The second-order valence-corrected chi connectivity index (χ2v) is 20.7. The standard InChI is InChI=1S/C65H64/c1-10-63(11-2)56-19-17-16-18-50(56)51-29-24-45(37-57(51)63)46-25-31-54-55-33-27-48(40-61(55)65(14-5,15-6)60(54)38-46)47-26-32-53-52-30-23-44(36-58(52)64(12-3,13-4)59(53)39-47)41-20-21-43-35-49(62(7,8)9)28-22-42(43)34-41/h16-40H,10-15H2,1-9H3. The molecule has 3 aliphatic carbocycles. The van der Waals surface area contributed by atoms with Crippen molar-refractivity contribution < 1.29 is 0 Å². The Labute approximate surface area is 388 Å². The van der Waals surface area contributed by atoms with Crippen molar-refractivity contribution in [1.82, 2.24) is 0 Å². The predicted octanol–water partition coefficient (Wildman–Crippen LogP) is 18.4. The SMILES string of the molecule is CCC1(CC)c2ccccc2-c2ccc(-c3ccc4c(c3)C(CC)(CC)c3cc(-c5ccc6c(c5)C(CC)(CC)c5cc(-c7ccc8cc(C(C)(C)C)ccc8c7)ccc5-6)ccc3-4)cc21. The van der Waals surface area contributed by atoms with E-state index in [0.29, 0.717) is 0 Å². The van der Waals surface area contributed by atoms with Gasteiger partial charge >= 0.3 is 0 Å². The molecule has 8 aromatic carbocycles. The minimum Gasteiger partial charge on any atom is -0.0642 e. The zero-order chi connectivity index (χ0) is 45.0. The van der Waals surface area contributed by atoms with E-state index in [1.807, 2.05) is 0 Å². The van der Waals surface area contributed by atoms with Crippen molar-refractivity contribution in [3.05, 3.63) is 191 Å². The van der Waals surface area contributed by atoms with Crippen LogP contribution in [0.3, 0.4) is 0 Å². The molecule has 324 valence electrons. The van der Waals surface area contributed by atoms with Gasteiger partial charge in [-0.25, -0.2) is 0 Å². The van der Waals surface area contributed by atoms with Crippen molar-refractivity contribution in [3.8, 4) is 66.8 Å². The lowest BCUT2D eigenvalue weighted by molar-refractivity contribution is 0.490. The summed E-state index contributed by atoms with van der Waals surface area (Å²) >= 11 is 0. The highest BCUT2D eigenvalue weighted by atomic mass is 14.5. The maximum atomic E-state index is 2.57. The van der Waals surface area contributed by atoms with Crippen molar-refractivity contribution in [1.29, 1.82) is 0 Å². The first-order valence-electron chi connectivity index (χ1n) is 24.9. The van der Waals surface area contributed by atoms with E-state index in [1.54, 1.807) is 0 Å². The highest BCUT2D eigenvalue weighted by Crippen LogP contribution is 2.58. The van der Waals surface area contributed by atoms with E-state index in [4.69, 9.17) is 0 Å². The Kier molecular flexibility index (Phi) is 9.65. The van der Waals surface area contributed by atoms with Gasteiger partial charge in [-0.3, -0.25) is 0 Å². The molecule has 0 bridgehead atoms. The molecule has 0 heterocycles. The first-order chi connectivity index (χ1) is 31.5. The van der Waals surface area contributed by atoms with Gasteiger partial charge in [0.25, 0.3) is 0 Å². The molecule has 0 spiro atoms. The molecule has 0 nitrogen and oxygen atoms in total. The molecular formula is C65H64. The molecular weight excluding hydrogens is 781 g/mol. The molecule has 0 aliphatic heterocycles. The van der Waals surface area contributed by atoms with Crippen LogP contribution < -0.4 is 0 Å². The lowest BCUT2D eigenvalue weighted by Crippen LogP contribution is -2.23. The Morgan fingerprint density at radius 3 is 0.954 bits per heavy atom. The van der Waals surface area contributed by atoms with Gasteiger partial charge in [-0.15, -0.1) is 0 Å². The fourth-order valence-corrected chi connectivity index (χ4v) is 13.3. The summed E-state index contributed by atoms with van der Waals surface area (Å²) in [4.78, 5) is 0. The van der Waals surface area contributed by atoms with E-state index >= 15 is 0 Å². The van der Waals surface area contributed by atoms with Crippen LogP contribution in [0.1, 0.15) is 140 Å². The van der Waals surface area contributed by atoms with Crippen LogP contribution in [0.25, 0.3) is 77.5 Å². The Balaban J connectivity index is 0.949. The fraction of sp³-hybridized carbons (Fsp3) is 0.292. The van der Waals surface area contributed by atoms with E-state index in [1.165, 1.54) is 116 Å². The Hall–Kier alpha value is -5.98. The molecule has 0 heteroatoms. The third-order valence-electron chi connectivity index (χ3n) is 17.3. The Morgan fingerprint density at radius 2 is 0.585 bits per heavy atom. The van der Waals surface area contributed by atoms with Crippen molar-refractivity contribution in [2.24, 2.45) is 0 Å². The van der Waals surface area contributed by atoms with Crippen LogP contribution in [0.4, 0.5) is 0 Å². The third-order valence-corrected chi connectivity index (χ3v) is 17.3. The van der Waals surface area contributed by atoms with Crippen LogP contribution in [-0.2, 0) is 21.7 Å². The zero-order valence-electron chi connectivity index (χ0n) is 40.2. The predicted molar refractivity (Wildman–Crippen MR) is 279 cm³/mol. The third kappa shape index (κ3) is 5.88. The highest BCUT2D eigenvalue weighted by Gasteiger charge is 2.44. The van der Waals surface area contributed by atoms with Crippen LogP contribution in [0, 0.1) is 0 Å². The summed E-state index contributed by atoms with van der Waals surface area (Å²) in [6.07, 6.45) is 6.47. The van der Waals surface area contributed by atoms with Crippen LogP contribution in [0.2, 0.25) is 0 Å². The largest absolute Gasteiger partial charge is 0.0642 e. The molecule has 0 radical (unpaired) electrons. The highest BCUT2D eigenvalue weighted by molar-refractivity contribution is 5.92. The van der Waals surface area contributed by atoms with Crippen molar-refractivity contribution in [2.75, 3.05) is 0 Å². The summed E-state index contributed by atoms with van der Waals surface area (Å²) in [5, 5.41) is 2.61. The Morgan fingerprint density at radius 1 is 0.292 bits per heavy atom. The van der Waals surface area contributed by atoms with Gasteiger partial charge in [0.2, 0.25) is 0 Å². The molecule has 0 atom stereocenters. The Bertz CT molecular complexity index is 3200. The molecule has 3 aliphatic rings. The number of hydrogen-bond donors (Lipinski definition) is 0. The maximum Gasteiger partial charge on any atom is 0.0210 e. The van der Waals surface area contributed by atoms with Gasteiger partial charge in [0.1, 0.15) is 0 Å².